The lowest BCUT2D eigenvalue weighted by Crippen LogP contribution is -2.22. The van der Waals surface area contributed by atoms with Crippen LogP contribution in [-0.4, -0.2) is 0 Å². The van der Waals surface area contributed by atoms with E-state index in [9.17, 15) is 0 Å². The van der Waals surface area contributed by atoms with Gasteiger partial charge in [0.15, 0.2) is 0 Å². The zero-order valence-electron chi connectivity index (χ0n) is 7.85. The van der Waals surface area contributed by atoms with Crippen LogP contribution in [0.2, 0.25) is 0 Å². The monoisotopic (exact) mass is 150 g/mol. The van der Waals surface area contributed by atoms with Crippen molar-refractivity contribution >= 4 is 0 Å². The molecule has 0 aromatic heterocycles. The Balaban J connectivity index is 2.36. The minimum absolute atomic E-state index is 0.539. The average Bonchev–Trinajstić information content (AvgIpc) is 2.44. The van der Waals surface area contributed by atoms with Gasteiger partial charge in [-0.3, -0.25) is 0 Å². The van der Waals surface area contributed by atoms with Gasteiger partial charge >= 0.3 is 0 Å². The topological polar surface area (TPSA) is 0 Å². The molecule has 0 aromatic carbocycles. The largest absolute Gasteiger partial charge is 0.0876 e. The zero-order chi connectivity index (χ0) is 8.06. The van der Waals surface area contributed by atoms with Gasteiger partial charge in [-0.15, -0.1) is 0 Å². The number of rotatable bonds is 0. The van der Waals surface area contributed by atoms with Gasteiger partial charge in [-0.2, -0.15) is 0 Å². The zero-order valence-corrected chi connectivity index (χ0v) is 7.85. The highest BCUT2D eigenvalue weighted by Crippen LogP contribution is 2.58. The van der Waals surface area contributed by atoms with E-state index in [2.05, 4.69) is 26.8 Å². The predicted octanol–water partition coefficient (Wildman–Crippen LogP) is 3.39. The molecule has 2 aliphatic carbocycles. The summed E-state index contributed by atoms with van der Waals surface area (Å²) in [7, 11) is 0. The van der Waals surface area contributed by atoms with Gasteiger partial charge in [0.25, 0.3) is 0 Å². The SMILES string of the molecule is CC=C1C2CCC(C2)C1(C)C. The Labute approximate surface area is 69.7 Å². The minimum Gasteiger partial charge on any atom is -0.0876 e. The minimum atomic E-state index is 0.539. The van der Waals surface area contributed by atoms with Crippen molar-refractivity contribution in [3.8, 4) is 0 Å². The molecule has 2 saturated carbocycles. The molecule has 2 unspecified atom stereocenters. The van der Waals surface area contributed by atoms with Crippen LogP contribution in [0.15, 0.2) is 11.6 Å². The van der Waals surface area contributed by atoms with Crippen LogP contribution in [-0.2, 0) is 0 Å². The fourth-order valence-corrected chi connectivity index (χ4v) is 3.29. The summed E-state index contributed by atoms with van der Waals surface area (Å²) in [5, 5.41) is 0. The van der Waals surface area contributed by atoms with Gasteiger partial charge in [-0.05, 0) is 43.4 Å². The highest BCUT2D eigenvalue weighted by molar-refractivity contribution is 5.25. The standard InChI is InChI=1S/C11H18/c1-4-10-8-5-6-9(7-8)11(10,2)3/h4,8-9H,5-7H2,1-3H3. The maximum absolute atomic E-state index is 2.42. The molecule has 11 heavy (non-hydrogen) atoms. The summed E-state index contributed by atoms with van der Waals surface area (Å²) in [6.07, 6.45) is 6.79. The second kappa shape index (κ2) is 2.12. The van der Waals surface area contributed by atoms with E-state index >= 15 is 0 Å². The smallest absolute Gasteiger partial charge is 0.0114 e. The van der Waals surface area contributed by atoms with Crippen LogP contribution in [0.4, 0.5) is 0 Å². The highest BCUT2D eigenvalue weighted by atomic mass is 14.5. The first-order valence-corrected chi connectivity index (χ1v) is 4.83. The van der Waals surface area contributed by atoms with Crippen molar-refractivity contribution in [3.63, 3.8) is 0 Å². The van der Waals surface area contributed by atoms with Gasteiger partial charge in [-0.25, -0.2) is 0 Å². The normalized spacial score (nSPS) is 43.7. The van der Waals surface area contributed by atoms with Crippen molar-refractivity contribution in [2.45, 2.75) is 40.0 Å². The van der Waals surface area contributed by atoms with Gasteiger partial charge in [0.2, 0.25) is 0 Å². The molecule has 0 heterocycles. The predicted molar refractivity (Wildman–Crippen MR) is 48.4 cm³/mol. The quantitative estimate of drug-likeness (QED) is 0.464. The Morgan fingerprint density at radius 2 is 2.09 bits per heavy atom. The van der Waals surface area contributed by atoms with Crippen LogP contribution in [0.1, 0.15) is 40.0 Å². The fraction of sp³-hybridized carbons (Fsp3) is 0.818. The van der Waals surface area contributed by atoms with E-state index in [0.29, 0.717) is 5.41 Å². The van der Waals surface area contributed by atoms with Crippen molar-refractivity contribution in [2.24, 2.45) is 17.3 Å². The third-order valence-electron chi connectivity index (χ3n) is 3.95. The molecule has 0 N–H and O–H groups in total. The lowest BCUT2D eigenvalue weighted by Gasteiger charge is -2.32. The van der Waals surface area contributed by atoms with E-state index < -0.39 is 0 Å². The fourth-order valence-electron chi connectivity index (χ4n) is 3.29. The second-order valence-corrected chi connectivity index (χ2v) is 4.67. The van der Waals surface area contributed by atoms with E-state index in [-0.39, 0.29) is 0 Å². The van der Waals surface area contributed by atoms with E-state index in [1.165, 1.54) is 19.3 Å². The Kier molecular flexibility index (Phi) is 1.42. The third kappa shape index (κ3) is 0.816. The molecular formula is C11H18. The van der Waals surface area contributed by atoms with Crippen LogP contribution >= 0.6 is 0 Å². The Morgan fingerprint density at radius 3 is 2.45 bits per heavy atom. The summed E-state index contributed by atoms with van der Waals surface area (Å²) < 4.78 is 0. The number of hydrogen-bond acceptors (Lipinski definition) is 0. The molecule has 0 radical (unpaired) electrons. The summed E-state index contributed by atoms with van der Waals surface area (Å²) >= 11 is 0. The molecule has 0 aliphatic heterocycles. The molecule has 2 fully saturated rings. The van der Waals surface area contributed by atoms with E-state index in [1.807, 2.05) is 0 Å². The maximum atomic E-state index is 2.42. The van der Waals surface area contributed by atoms with Crippen molar-refractivity contribution in [1.82, 2.24) is 0 Å². The van der Waals surface area contributed by atoms with Gasteiger partial charge in [0, 0.05) is 0 Å². The average molecular weight is 150 g/mol. The van der Waals surface area contributed by atoms with Crippen molar-refractivity contribution in [2.75, 3.05) is 0 Å². The van der Waals surface area contributed by atoms with Gasteiger partial charge in [-0.1, -0.05) is 25.5 Å². The number of allylic oxidation sites excluding steroid dienone is 2. The first-order valence-electron chi connectivity index (χ1n) is 4.83. The van der Waals surface area contributed by atoms with Crippen molar-refractivity contribution in [1.29, 1.82) is 0 Å². The summed E-state index contributed by atoms with van der Waals surface area (Å²) in [6, 6.07) is 0. The maximum Gasteiger partial charge on any atom is -0.0114 e. The Hall–Kier alpha value is -0.260. The lowest BCUT2D eigenvalue weighted by molar-refractivity contribution is 0.287. The van der Waals surface area contributed by atoms with Crippen LogP contribution < -0.4 is 0 Å². The van der Waals surface area contributed by atoms with E-state index in [4.69, 9.17) is 0 Å². The van der Waals surface area contributed by atoms with Crippen LogP contribution in [0.25, 0.3) is 0 Å². The molecule has 2 bridgehead atoms. The lowest BCUT2D eigenvalue weighted by atomic mass is 9.73. The molecule has 62 valence electrons. The second-order valence-electron chi connectivity index (χ2n) is 4.67. The van der Waals surface area contributed by atoms with E-state index in [1.54, 1.807) is 5.57 Å². The molecule has 2 rings (SSSR count). The molecule has 2 atom stereocenters. The molecule has 0 spiro atoms. The van der Waals surface area contributed by atoms with Gasteiger partial charge in [0.05, 0.1) is 0 Å². The summed E-state index contributed by atoms with van der Waals surface area (Å²) in [5.74, 6) is 1.96. The molecule has 0 nitrogen and oxygen atoms in total. The summed E-state index contributed by atoms with van der Waals surface area (Å²) in [5.41, 5.74) is 2.28. The summed E-state index contributed by atoms with van der Waals surface area (Å²) in [6.45, 7) is 7.05. The molecule has 0 heteroatoms. The van der Waals surface area contributed by atoms with Gasteiger partial charge in [0.1, 0.15) is 0 Å². The van der Waals surface area contributed by atoms with E-state index in [0.717, 1.165) is 11.8 Å². The molecule has 0 saturated heterocycles. The van der Waals surface area contributed by atoms with Crippen molar-refractivity contribution in [3.05, 3.63) is 11.6 Å². The summed E-state index contributed by atoms with van der Waals surface area (Å²) in [4.78, 5) is 0. The Bertz CT molecular complexity index is 198. The van der Waals surface area contributed by atoms with Gasteiger partial charge < -0.3 is 0 Å². The number of fused-ring (bicyclic) bond motifs is 2. The highest BCUT2D eigenvalue weighted by Gasteiger charge is 2.48. The number of hydrogen-bond donors (Lipinski definition) is 0. The molecule has 2 aliphatic rings. The molecular weight excluding hydrogens is 132 g/mol. The van der Waals surface area contributed by atoms with Crippen LogP contribution in [0, 0.1) is 17.3 Å². The third-order valence-corrected chi connectivity index (χ3v) is 3.95. The molecule has 0 aromatic rings. The molecule has 0 amide bonds. The first-order chi connectivity index (χ1) is 5.16. The van der Waals surface area contributed by atoms with Crippen LogP contribution in [0.5, 0.6) is 0 Å². The first kappa shape index (κ1) is 7.39. The van der Waals surface area contributed by atoms with Crippen LogP contribution in [0.3, 0.4) is 0 Å². The van der Waals surface area contributed by atoms with Crippen molar-refractivity contribution < 1.29 is 0 Å². The Morgan fingerprint density at radius 1 is 1.36 bits per heavy atom.